The number of benzene rings is 11. The van der Waals surface area contributed by atoms with Crippen LogP contribution in [0.1, 0.15) is 0 Å². The Kier molecular flexibility index (Phi) is 8.53. The lowest BCUT2D eigenvalue weighted by Gasteiger charge is -2.28. The zero-order valence-corrected chi connectivity index (χ0v) is 35.3. The van der Waals surface area contributed by atoms with Crippen molar-refractivity contribution in [3.8, 4) is 44.5 Å². The van der Waals surface area contributed by atoms with Gasteiger partial charge >= 0.3 is 0 Å². The zero-order valence-electron chi connectivity index (χ0n) is 35.3. The second kappa shape index (κ2) is 15.0. The summed E-state index contributed by atoms with van der Waals surface area (Å²) in [7, 11) is 0. The molecule has 0 unspecified atom stereocenters. The molecule has 13 aromatic rings. The van der Waals surface area contributed by atoms with Crippen molar-refractivity contribution in [1.29, 1.82) is 0 Å². The fourth-order valence-corrected chi connectivity index (χ4v) is 9.73. The van der Waals surface area contributed by atoms with E-state index in [2.05, 4.69) is 229 Å². The standard InChI is InChI=1S/C62H39NO2/c1-2-11-43-35-48(21-20-40(43)10-1)45-15-9-14-44(34-45)41-22-28-51(29-23-41)63(52-30-24-42(25-31-52)49-26-32-55-54-17-6-8-19-59(54)64-61(55)39-49)58-18-7-5-16-53(58)50-27-33-60-56(37-50)57-36-46-12-3-4-13-47(46)38-62(57)65-60/h1-39H. The van der Waals surface area contributed by atoms with Crippen LogP contribution in [-0.2, 0) is 0 Å². The summed E-state index contributed by atoms with van der Waals surface area (Å²) in [4.78, 5) is 2.38. The van der Waals surface area contributed by atoms with E-state index in [0.717, 1.165) is 88.8 Å². The number of nitrogens with zero attached hydrogens (tertiary/aromatic N) is 1. The van der Waals surface area contributed by atoms with E-state index in [1.54, 1.807) is 0 Å². The quantitative estimate of drug-likeness (QED) is 0.160. The molecule has 0 N–H and O–H groups in total. The van der Waals surface area contributed by atoms with Crippen LogP contribution in [0.15, 0.2) is 245 Å². The topological polar surface area (TPSA) is 29.5 Å². The van der Waals surface area contributed by atoms with E-state index in [1.165, 1.54) is 38.2 Å². The predicted octanol–water partition coefficient (Wildman–Crippen LogP) is 17.9. The molecule has 0 bridgehead atoms. The van der Waals surface area contributed by atoms with Crippen molar-refractivity contribution in [2.45, 2.75) is 0 Å². The Bertz CT molecular complexity index is 3950. The number of rotatable bonds is 7. The summed E-state index contributed by atoms with van der Waals surface area (Å²) < 4.78 is 12.7. The van der Waals surface area contributed by atoms with Gasteiger partial charge in [0.05, 0.1) is 5.69 Å². The van der Waals surface area contributed by atoms with Crippen LogP contribution in [0.5, 0.6) is 0 Å². The molecule has 11 aromatic carbocycles. The first kappa shape index (κ1) is 36.9. The average Bonchev–Trinajstić information content (AvgIpc) is 3.93. The van der Waals surface area contributed by atoms with Crippen molar-refractivity contribution in [1.82, 2.24) is 0 Å². The minimum atomic E-state index is 0.880. The highest BCUT2D eigenvalue weighted by Gasteiger charge is 2.19. The van der Waals surface area contributed by atoms with Gasteiger partial charge in [-0.25, -0.2) is 0 Å². The van der Waals surface area contributed by atoms with Crippen LogP contribution in [0.3, 0.4) is 0 Å². The third-order valence-electron chi connectivity index (χ3n) is 13.0. The highest BCUT2D eigenvalue weighted by atomic mass is 16.3. The van der Waals surface area contributed by atoms with Gasteiger partial charge in [-0.15, -0.1) is 0 Å². The molecule has 3 heteroatoms. The van der Waals surface area contributed by atoms with Gasteiger partial charge in [-0.1, -0.05) is 152 Å². The largest absolute Gasteiger partial charge is 0.456 e. The maximum Gasteiger partial charge on any atom is 0.136 e. The lowest BCUT2D eigenvalue weighted by atomic mass is 9.96. The molecule has 0 aliphatic rings. The van der Waals surface area contributed by atoms with Gasteiger partial charge in [0.15, 0.2) is 0 Å². The van der Waals surface area contributed by atoms with Crippen molar-refractivity contribution in [2.75, 3.05) is 4.90 Å². The van der Waals surface area contributed by atoms with Crippen LogP contribution in [-0.4, -0.2) is 0 Å². The highest BCUT2D eigenvalue weighted by Crippen LogP contribution is 2.44. The predicted molar refractivity (Wildman–Crippen MR) is 272 cm³/mol. The summed E-state index contributed by atoms with van der Waals surface area (Å²) in [5.74, 6) is 0. The molecule has 0 saturated heterocycles. The third-order valence-corrected chi connectivity index (χ3v) is 13.0. The molecule has 0 amide bonds. The monoisotopic (exact) mass is 829 g/mol. The average molecular weight is 830 g/mol. The molecule has 0 aliphatic carbocycles. The molecule has 3 nitrogen and oxygen atoms in total. The molecule has 65 heavy (non-hydrogen) atoms. The number of para-hydroxylation sites is 2. The van der Waals surface area contributed by atoms with E-state index in [9.17, 15) is 0 Å². The van der Waals surface area contributed by atoms with E-state index >= 15 is 0 Å². The number of hydrogen-bond donors (Lipinski definition) is 0. The SMILES string of the molecule is c1cc(-c2ccc(N(c3ccc(-c4ccc5c(c4)oc4ccccc45)cc3)c3ccccc3-c3ccc4oc5cc6ccccc6cc5c4c3)cc2)cc(-c2ccc3ccccc3c2)c1. The van der Waals surface area contributed by atoms with Crippen LogP contribution in [0.4, 0.5) is 17.1 Å². The van der Waals surface area contributed by atoms with E-state index in [1.807, 2.05) is 12.1 Å². The van der Waals surface area contributed by atoms with E-state index in [4.69, 9.17) is 8.83 Å². The first-order valence-electron chi connectivity index (χ1n) is 22.1. The highest BCUT2D eigenvalue weighted by molar-refractivity contribution is 6.11. The Labute approximate surface area is 375 Å². The molecule has 0 fully saturated rings. The van der Waals surface area contributed by atoms with Crippen molar-refractivity contribution in [3.05, 3.63) is 237 Å². The van der Waals surface area contributed by atoms with Crippen molar-refractivity contribution in [3.63, 3.8) is 0 Å². The maximum absolute atomic E-state index is 6.44. The van der Waals surface area contributed by atoms with Gasteiger partial charge in [-0.05, 0) is 145 Å². The van der Waals surface area contributed by atoms with E-state index in [0.29, 0.717) is 0 Å². The summed E-state index contributed by atoms with van der Waals surface area (Å²) in [6.45, 7) is 0. The Morgan fingerprint density at radius 2 is 0.754 bits per heavy atom. The van der Waals surface area contributed by atoms with Crippen LogP contribution in [0, 0.1) is 0 Å². The molecule has 0 saturated carbocycles. The number of furan rings is 2. The molecular weight excluding hydrogens is 791 g/mol. The second-order valence-electron chi connectivity index (χ2n) is 16.9. The maximum atomic E-state index is 6.44. The Morgan fingerprint density at radius 3 is 1.52 bits per heavy atom. The van der Waals surface area contributed by atoms with Crippen LogP contribution in [0.2, 0.25) is 0 Å². The van der Waals surface area contributed by atoms with Crippen LogP contribution in [0.25, 0.3) is 110 Å². The Morgan fingerprint density at radius 1 is 0.246 bits per heavy atom. The summed E-state index contributed by atoms with van der Waals surface area (Å²) in [5, 5.41) is 9.34. The molecule has 304 valence electrons. The van der Waals surface area contributed by atoms with E-state index < -0.39 is 0 Å². The van der Waals surface area contributed by atoms with Gasteiger partial charge in [0.25, 0.3) is 0 Å². The Balaban J connectivity index is 0.912. The van der Waals surface area contributed by atoms with Gasteiger partial charge in [-0.3, -0.25) is 0 Å². The normalized spacial score (nSPS) is 11.7. The number of fused-ring (bicyclic) bond motifs is 8. The zero-order chi connectivity index (χ0) is 42.8. The van der Waals surface area contributed by atoms with Gasteiger partial charge in [0, 0.05) is 38.5 Å². The second-order valence-corrected chi connectivity index (χ2v) is 16.9. The van der Waals surface area contributed by atoms with Crippen molar-refractivity contribution < 1.29 is 8.83 Å². The lowest BCUT2D eigenvalue weighted by Crippen LogP contribution is -2.11. The van der Waals surface area contributed by atoms with Gasteiger partial charge < -0.3 is 13.7 Å². The fourth-order valence-electron chi connectivity index (χ4n) is 9.73. The molecule has 0 atom stereocenters. The van der Waals surface area contributed by atoms with Crippen molar-refractivity contribution >= 4 is 82.5 Å². The summed E-state index contributed by atoms with van der Waals surface area (Å²) in [6, 6.07) is 84.9. The Hall–Kier alpha value is -8.66. The molecule has 13 rings (SSSR count). The van der Waals surface area contributed by atoms with Gasteiger partial charge in [0.1, 0.15) is 22.3 Å². The van der Waals surface area contributed by atoms with Crippen LogP contribution >= 0.6 is 0 Å². The van der Waals surface area contributed by atoms with E-state index in [-0.39, 0.29) is 0 Å². The number of hydrogen-bond acceptors (Lipinski definition) is 3. The lowest BCUT2D eigenvalue weighted by molar-refractivity contribution is 0.669. The third kappa shape index (κ3) is 6.44. The first-order chi connectivity index (χ1) is 32.2. The molecule has 0 radical (unpaired) electrons. The van der Waals surface area contributed by atoms with Gasteiger partial charge in [0.2, 0.25) is 0 Å². The smallest absolute Gasteiger partial charge is 0.136 e. The minimum Gasteiger partial charge on any atom is -0.456 e. The number of anilines is 3. The first-order valence-corrected chi connectivity index (χ1v) is 22.1. The summed E-state index contributed by atoms with van der Waals surface area (Å²) in [6.07, 6.45) is 0. The minimum absolute atomic E-state index is 0.880. The summed E-state index contributed by atoms with van der Waals surface area (Å²) >= 11 is 0. The van der Waals surface area contributed by atoms with Crippen molar-refractivity contribution in [2.24, 2.45) is 0 Å². The fraction of sp³-hybridized carbons (Fsp3) is 0. The molecule has 0 aliphatic heterocycles. The molecular formula is C62H39NO2. The van der Waals surface area contributed by atoms with Gasteiger partial charge in [-0.2, -0.15) is 0 Å². The van der Waals surface area contributed by atoms with Crippen LogP contribution < -0.4 is 4.90 Å². The summed E-state index contributed by atoms with van der Waals surface area (Å²) in [5.41, 5.74) is 16.0. The molecule has 2 heterocycles. The molecule has 2 aromatic heterocycles. The molecule has 0 spiro atoms.